The standard InChI is InChI=1S/C23H21F2N3O3.C18H27BO4.C11H6BrF2N3O.3CH4/c1-13-8-14-6-7-23(2,12-29)31-19(14)9-15(13)18-10-27-20(11-26-18)28-22(30)21-16(24)4-3-5-17(21)25;1-12-9-13-7-8-18(6,11-20)21-15(13)10-14(12)19-22-16(2,3)17(4,5)23-19;12-8-4-16-9(5-15-8)17-11(18)10-6(13)2-1-3-7(10)14;;;/h3-5,8-11,29H,6-7,12H2,1-2H3,(H,27,28,30);9-10,20H,7-8,11H2,1-6H3;1-5H,(H,16,17,18);3*1H4. The van der Waals surface area contributed by atoms with Crippen molar-refractivity contribution in [1.82, 2.24) is 19.9 Å². The van der Waals surface area contributed by atoms with Crippen LogP contribution in [0.25, 0.3) is 11.3 Å². The van der Waals surface area contributed by atoms with Gasteiger partial charge < -0.3 is 39.6 Å². The van der Waals surface area contributed by atoms with Gasteiger partial charge in [-0.05, 0) is 156 Å². The van der Waals surface area contributed by atoms with Crippen LogP contribution >= 0.6 is 15.9 Å². The molecule has 0 aliphatic carbocycles. The Kier molecular flexibility index (Phi) is 20.1. The van der Waals surface area contributed by atoms with Crippen molar-refractivity contribution in [2.75, 3.05) is 23.8 Å². The molecule has 3 aliphatic heterocycles. The van der Waals surface area contributed by atoms with Crippen LogP contribution in [0.4, 0.5) is 29.2 Å². The molecule has 402 valence electrons. The first-order valence-corrected chi connectivity index (χ1v) is 23.8. The third-order valence-electron chi connectivity index (χ3n) is 13.0. The Morgan fingerprint density at radius 3 is 1.47 bits per heavy atom. The summed E-state index contributed by atoms with van der Waals surface area (Å²) in [6.07, 6.45) is 8.68. The predicted molar refractivity (Wildman–Crippen MR) is 287 cm³/mol. The lowest BCUT2D eigenvalue weighted by Crippen LogP contribution is -2.42. The minimum Gasteiger partial charge on any atom is -0.485 e. The fourth-order valence-corrected chi connectivity index (χ4v) is 8.15. The zero-order chi connectivity index (χ0) is 52.3. The molecule has 1 saturated heterocycles. The number of carbonyl (C=O) groups excluding carboxylic acids is 2. The second-order valence-electron chi connectivity index (χ2n) is 19.2. The van der Waals surface area contributed by atoms with Crippen LogP contribution in [0.5, 0.6) is 11.5 Å². The molecule has 6 aromatic rings. The third kappa shape index (κ3) is 14.0. The summed E-state index contributed by atoms with van der Waals surface area (Å²) in [4.78, 5) is 40.0. The van der Waals surface area contributed by atoms with Gasteiger partial charge in [-0.3, -0.25) is 14.6 Å². The van der Waals surface area contributed by atoms with E-state index in [2.05, 4.69) is 87.2 Å². The molecule has 4 aromatic carbocycles. The first-order chi connectivity index (χ1) is 33.9. The van der Waals surface area contributed by atoms with Crippen molar-refractivity contribution in [2.45, 2.75) is 126 Å². The molecular weight excluding hydrogens is 1040 g/mol. The predicted octanol–water partition coefficient (Wildman–Crippen LogP) is 11.1. The van der Waals surface area contributed by atoms with E-state index in [0.29, 0.717) is 16.0 Å². The van der Waals surface area contributed by atoms with Crippen LogP contribution in [-0.2, 0) is 22.2 Å². The van der Waals surface area contributed by atoms with Crippen molar-refractivity contribution in [1.29, 1.82) is 0 Å². The molecule has 1 fully saturated rings. The molecule has 5 heterocycles. The Morgan fingerprint density at radius 2 is 1.05 bits per heavy atom. The molecule has 2 unspecified atom stereocenters. The second-order valence-corrected chi connectivity index (χ2v) is 20.0. The number of aliphatic hydroxyl groups is 2. The van der Waals surface area contributed by atoms with Crippen molar-refractivity contribution in [2.24, 2.45) is 0 Å². The van der Waals surface area contributed by atoms with Gasteiger partial charge in [0.25, 0.3) is 11.8 Å². The van der Waals surface area contributed by atoms with Crippen molar-refractivity contribution in [3.8, 4) is 22.8 Å². The number of aromatic nitrogens is 4. The fourth-order valence-electron chi connectivity index (χ4n) is 7.94. The summed E-state index contributed by atoms with van der Waals surface area (Å²) in [7, 11) is -0.392. The molecule has 0 saturated carbocycles. The summed E-state index contributed by atoms with van der Waals surface area (Å²) in [5.41, 5.74) is 3.56. The number of aliphatic hydroxyl groups excluding tert-OH is 2. The lowest BCUT2D eigenvalue weighted by atomic mass is 9.75. The molecule has 2 atom stereocenters. The van der Waals surface area contributed by atoms with Gasteiger partial charge in [-0.25, -0.2) is 32.5 Å². The monoisotopic (exact) mass is 1100 g/mol. The van der Waals surface area contributed by atoms with Gasteiger partial charge in [0.15, 0.2) is 11.6 Å². The maximum Gasteiger partial charge on any atom is 0.495 e. The van der Waals surface area contributed by atoms with E-state index in [0.717, 1.165) is 83.4 Å². The van der Waals surface area contributed by atoms with Crippen LogP contribution < -0.4 is 25.6 Å². The summed E-state index contributed by atoms with van der Waals surface area (Å²) < 4.78 is 79.1. The molecule has 20 heteroatoms. The minimum atomic E-state index is -0.957. The van der Waals surface area contributed by atoms with Gasteiger partial charge in [-0.15, -0.1) is 0 Å². The van der Waals surface area contributed by atoms with E-state index in [-0.39, 0.29) is 58.3 Å². The quantitative estimate of drug-likeness (QED) is 0.0836. The number of aryl methyl sites for hydroxylation is 4. The summed E-state index contributed by atoms with van der Waals surface area (Å²) >= 11 is 3.07. The van der Waals surface area contributed by atoms with E-state index in [1.807, 2.05) is 39.0 Å². The van der Waals surface area contributed by atoms with Gasteiger partial charge in [0.2, 0.25) is 0 Å². The summed E-state index contributed by atoms with van der Waals surface area (Å²) in [5.74, 6) is -3.94. The maximum atomic E-state index is 13.8. The lowest BCUT2D eigenvalue weighted by Gasteiger charge is -2.35. The average molecular weight is 1110 g/mol. The van der Waals surface area contributed by atoms with Crippen LogP contribution in [0, 0.1) is 37.1 Å². The minimum absolute atomic E-state index is 0. The molecule has 75 heavy (non-hydrogen) atoms. The highest BCUT2D eigenvalue weighted by molar-refractivity contribution is 9.10. The number of nitrogens with zero attached hydrogens (tertiary/aromatic N) is 4. The molecule has 0 radical (unpaired) electrons. The highest BCUT2D eigenvalue weighted by atomic mass is 79.9. The topological polar surface area (TPSA) is 187 Å². The fraction of sp³-hybridized carbons (Fsp3) is 0.382. The van der Waals surface area contributed by atoms with Crippen LogP contribution in [0.15, 0.2) is 90.1 Å². The van der Waals surface area contributed by atoms with Gasteiger partial charge in [0, 0.05) is 5.56 Å². The largest absolute Gasteiger partial charge is 0.495 e. The number of hydrogen-bond donors (Lipinski definition) is 4. The molecule has 4 N–H and O–H groups in total. The van der Waals surface area contributed by atoms with Crippen LogP contribution in [0.2, 0.25) is 0 Å². The highest BCUT2D eigenvalue weighted by Gasteiger charge is 2.52. The number of fused-ring (bicyclic) bond motifs is 2. The SMILES string of the molecule is C.C.C.Cc1cc2c(cc1-c1cnc(NC(=O)c3c(F)cccc3F)cn1)OC(C)(CO)CC2.Cc1cc2c(cc1B1OC(C)(C)C(C)(C)O1)OC(C)(CO)CC2.O=C(Nc1cnc(Br)cn1)c1c(F)cccc1F. The van der Waals surface area contributed by atoms with Crippen molar-refractivity contribution < 1.29 is 56.1 Å². The molecule has 0 spiro atoms. The number of anilines is 2. The number of nitrogens with one attached hydrogen (secondary N) is 2. The molecule has 9 rings (SSSR count). The van der Waals surface area contributed by atoms with Crippen molar-refractivity contribution in [3.63, 3.8) is 0 Å². The van der Waals surface area contributed by atoms with Crippen molar-refractivity contribution in [3.05, 3.63) is 147 Å². The maximum absolute atomic E-state index is 13.8. The summed E-state index contributed by atoms with van der Waals surface area (Å²) in [5, 5.41) is 23.8. The summed E-state index contributed by atoms with van der Waals surface area (Å²) in [6, 6.07) is 14.5. The van der Waals surface area contributed by atoms with E-state index in [4.69, 9.17) is 18.8 Å². The van der Waals surface area contributed by atoms with Gasteiger partial charge in [-0.2, -0.15) is 0 Å². The van der Waals surface area contributed by atoms with Gasteiger partial charge in [0.05, 0.1) is 54.9 Å². The lowest BCUT2D eigenvalue weighted by molar-refractivity contribution is 0.00578. The number of amides is 2. The molecule has 2 amide bonds. The average Bonchev–Trinajstić information content (AvgIpc) is 3.55. The van der Waals surface area contributed by atoms with Gasteiger partial charge >= 0.3 is 7.12 Å². The van der Waals surface area contributed by atoms with E-state index < -0.39 is 64.5 Å². The van der Waals surface area contributed by atoms with E-state index in [9.17, 15) is 37.4 Å². The number of halogens is 5. The first kappa shape index (κ1) is 61.2. The Labute approximate surface area is 445 Å². The van der Waals surface area contributed by atoms with E-state index in [1.54, 1.807) is 0 Å². The molecule has 3 aliphatic rings. The second kappa shape index (κ2) is 24.6. The number of carbonyl (C=O) groups is 2. The molecule has 14 nitrogen and oxygen atoms in total. The Morgan fingerprint density at radius 1 is 0.627 bits per heavy atom. The molecular formula is C55H66BBrF4N6O8. The molecule has 2 aromatic heterocycles. The number of benzene rings is 4. The first-order valence-electron chi connectivity index (χ1n) is 23.0. The number of rotatable bonds is 8. The van der Waals surface area contributed by atoms with Gasteiger partial charge in [0.1, 0.15) is 61.7 Å². The number of ether oxygens (including phenoxy) is 2. The Balaban J connectivity index is 0.000000248. The zero-order valence-electron chi connectivity index (χ0n) is 40.9. The summed E-state index contributed by atoms with van der Waals surface area (Å²) in [6.45, 7) is 16.0. The zero-order valence-corrected chi connectivity index (χ0v) is 42.5. The van der Waals surface area contributed by atoms with E-state index in [1.165, 1.54) is 42.5 Å². The Bertz CT molecular complexity index is 2940. The van der Waals surface area contributed by atoms with Crippen LogP contribution in [0.3, 0.4) is 0 Å². The number of hydrogen-bond acceptors (Lipinski definition) is 12. The Hall–Kier alpha value is -6.32. The highest BCUT2D eigenvalue weighted by Crippen LogP contribution is 2.40. The smallest absolute Gasteiger partial charge is 0.485 e. The normalized spacial score (nSPS) is 18.4. The van der Waals surface area contributed by atoms with Gasteiger partial charge in [-0.1, -0.05) is 52.1 Å². The third-order valence-corrected chi connectivity index (χ3v) is 13.4. The van der Waals surface area contributed by atoms with Crippen LogP contribution in [0.1, 0.15) is 120 Å². The van der Waals surface area contributed by atoms with E-state index >= 15 is 0 Å². The molecule has 0 bridgehead atoms. The van der Waals surface area contributed by atoms with Crippen LogP contribution in [-0.4, -0.2) is 84.7 Å². The van der Waals surface area contributed by atoms with Crippen molar-refractivity contribution >= 4 is 52.0 Å².